The second-order valence-corrected chi connectivity index (χ2v) is 6.81. The number of hydrogen-bond acceptors (Lipinski definition) is 4. The van der Waals surface area contributed by atoms with Crippen LogP contribution < -0.4 is 10.1 Å². The van der Waals surface area contributed by atoms with Crippen LogP contribution in [0, 0.1) is 20.8 Å². The first kappa shape index (κ1) is 21.5. The molecular weight excluding hydrogens is 366 g/mol. The third kappa shape index (κ3) is 6.11. The fourth-order valence-corrected chi connectivity index (χ4v) is 3.01. The number of pyridine rings is 1. The van der Waals surface area contributed by atoms with Crippen LogP contribution in [0.2, 0.25) is 0 Å². The number of Topliss-reactive ketones (excluding diaryl/α,β-unsaturated/α-hetero) is 1. The number of benzene rings is 1. The quantitative estimate of drug-likeness (QED) is 0.746. The molecule has 1 amide bonds. The molecule has 0 fully saturated rings. The van der Waals surface area contributed by atoms with E-state index in [0.717, 1.165) is 16.7 Å². The molecule has 1 heterocycles. The Morgan fingerprint density at radius 1 is 1.11 bits per heavy atom. The van der Waals surface area contributed by atoms with Gasteiger partial charge in [-0.15, -0.1) is 0 Å². The molecule has 28 heavy (non-hydrogen) atoms. The van der Waals surface area contributed by atoms with E-state index in [1.165, 1.54) is 6.92 Å². The van der Waals surface area contributed by atoms with Crippen molar-refractivity contribution in [1.29, 1.82) is 0 Å². The highest BCUT2D eigenvalue weighted by atomic mass is 19.3. The lowest BCUT2D eigenvalue weighted by Crippen LogP contribution is -2.23. The van der Waals surface area contributed by atoms with Crippen molar-refractivity contribution >= 4 is 11.7 Å². The van der Waals surface area contributed by atoms with Crippen molar-refractivity contribution in [1.82, 2.24) is 10.3 Å². The largest absolute Gasteiger partial charge is 0.487 e. The number of ketones is 1. The second-order valence-electron chi connectivity index (χ2n) is 6.81. The molecule has 0 unspecified atom stereocenters. The molecule has 0 aliphatic heterocycles. The molecule has 5 nitrogen and oxygen atoms in total. The van der Waals surface area contributed by atoms with Crippen molar-refractivity contribution in [2.75, 3.05) is 6.61 Å². The Kier molecular flexibility index (Phi) is 7.20. The topological polar surface area (TPSA) is 68.3 Å². The summed E-state index contributed by atoms with van der Waals surface area (Å²) in [6, 6.07) is 6.87. The molecule has 0 saturated heterocycles. The Hall–Kier alpha value is -2.83. The van der Waals surface area contributed by atoms with Crippen molar-refractivity contribution in [2.45, 2.75) is 47.1 Å². The number of aromatic nitrogens is 1. The van der Waals surface area contributed by atoms with Crippen molar-refractivity contribution < 1.29 is 23.1 Å². The molecule has 0 spiro atoms. The number of hydrogen-bond donors (Lipinski definition) is 1. The van der Waals surface area contributed by atoms with E-state index < -0.39 is 13.0 Å². The van der Waals surface area contributed by atoms with Crippen molar-refractivity contribution in [3.05, 3.63) is 57.9 Å². The van der Waals surface area contributed by atoms with Gasteiger partial charge in [0.15, 0.2) is 0 Å². The van der Waals surface area contributed by atoms with Gasteiger partial charge in [-0.2, -0.15) is 0 Å². The standard InChI is InChI=1S/C21H24F2N2O3/c1-12-5-16(6-13(2)20(12)28-11-19(22)23)10-24-21(27)17-7-14(3)25-18(9-17)8-15(4)26/h5-7,9,19H,8,10-11H2,1-4H3,(H,24,27). The summed E-state index contributed by atoms with van der Waals surface area (Å²) in [6.45, 7) is 6.42. The first-order valence-corrected chi connectivity index (χ1v) is 8.92. The number of amides is 1. The maximum atomic E-state index is 12.5. The summed E-state index contributed by atoms with van der Waals surface area (Å²) in [7, 11) is 0. The number of nitrogens with one attached hydrogen (secondary N) is 1. The molecule has 0 bridgehead atoms. The van der Waals surface area contributed by atoms with Gasteiger partial charge in [0.1, 0.15) is 18.1 Å². The number of carbonyl (C=O) groups is 2. The number of carbonyl (C=O) groups excluding carboxylic acids is 2. The molecule has 2 rings (SSSR count). The van der Waals surface area contributed by atoms with Gasteiger partial charge in [-0.05, 0) is 56.5 Å². The Morgan fingerprint density at radius 3 is 2.32 bits per heavy atom. The maximum absolute atomic E-state index is 12.5. The van der Waals surface area contributed by atoms with Gasteiger partial charge in [0.05, 0.1) is 0 Å². The lowest BCUT2D eigenvalue weighted by molar-refractivity contribution is -0.116. The summed E-state index contributed by atoms with van der Waals surface area (Å²) in [6.07, 6.45) is -2.35. The fourth-order valence-electron chi connectivity index (χ4n) is 3.01. The Morgan fingerprint density at radius 2 is 1.75 bits per heavy atom. The molecule has 1 aromatic heterocycles. The lowest BCUT2D eigenvalue weighted by atomic mass is 10.1. The van der Waals surface area contributed by atoms with Crippen LogP contribution in [0.3, 0.4) is 0 Å². The summed E-state index contributed by atoms with van der Waals surface area (Å²) in [5.74, 6) is 0.141. The average Bonchev–Trinajstić information content (AvgIpc) is 2.57. The van der Waals surface area contributed by atoms with E-state index in [-0.39, 0.29) is 24.7 Å². The van der Waals surface area contributed by atoms with Gasteiger partial charge in [0, 0.05) is 29.9 Å². The first-order chi connectivity index (χ1) is 13.2. The molecule has 0 aliphatic carbocycles. The molecule has 7 heteroatoms. The van der Waals surface area contributed by atoms with Crippen LogP contribution >= 0.6 is 0 Å². The third-order valence-electron chi connectivity index (χ3n) is 4.03. The van der Waals surface area contributed by atoms with E-state index in [0.29, 0.717) is 22.7 Å². The van der Waals surface area contributed by atoms with Crippen LogP contribution in [0.4, 0.5) is 8.78 Å². The van der Waals surface area contributed by atoms with E-state index in [1.807, 2.05) is 0 Å². The molecule has 2 aromatic rings. The van der Waals surface area contributed by atoms with Gasteiger partial charge < -0.3 is 10.1 Å². The zero-order chi connectivity index (χ0) is 20.8. The number of alkyl halides is 2. The summed E-state index contributed by atoms with van der Waals surface area (Å²) in [5, 5.41) is 2.83. The van der Waals surface area contributed by atoms with E-state index in [4.69, 9.17) is 4.74 Å². The van der Waals surface area contributed by atoms with Crippen molar-refractivity contribution in [3.8, 4) is 5.75 Å². The first-order valence-electron chi connectivity index (χ1n) is 8.92. The second kappa shape index (κ2) is 9.39. The highest BCUT2D eigenvalue weighted by Gasteiger charge is 2.12. The van der Waals surface area contributed by atoms with Gasteiger partial charge in [-0.25, -0.2) is 8.78 Å². The van der Waals surface area contributed by atoms with Gasteiger partial charge in [-0.1, -0.05) is 12.1 Å². The predicted octanol–water partition coefficient (Wildman–Crippen LogP) is 3.71. The van der Waals surface area contributed by atoms with E-state index >= 15 is 0 Å². The van der Waals surface area contributed by atoms with Crippen LogP contribution in [0.25, 0.3) is 0 Å². The number of rotatable bonds is 8. The normalized spacial score (nSPS) is 10.8. The van der Waals surface area contributed by atoms with Crippen molar-refractivity contribution in [2.24, 2.45) is 0 Å². The van der Waals surface area contributed by atoms with E-state index in [9.17, 15) is 18.4 Å². The number of halogens is 2. The summed E-state index contributed by atoms with van der Waals surface area (Å²) in [5.41, 5.74) is 3.96. The number of ether oxygens (including phenoxy) is 1. The fraction of sp³-hybridized carbons (Fsp3) is 0.381. The van der Waals surface area contributed by atoms with Crippen LogP contribution in [-0.4, -0.2) is 29.7 Å². The lowest BCUT2D eigenvalue weighted by Gasteiger charge is -2.14. The highest BCUT2D eigenvalue weighted by molar-refractivity contribution is 5.94. The van der Waals surface area contributed by atoms with Crippen LogP contribution in [0.5, 0.6) is 5.75 Å². The SMILES string of the molecule is CC(=O)Cc1cc(C(=O)NCc2cc(C)c(OCC(F)F)c(C)c2)cc(C)n1. The maximum Gasteiger partial charge on any atom is 0.272 e. The Bertz CT molecular complexity index is 859. The van der Waals surface area contributed by atoms with Gasteiger partial charge >= 0.3 is 0 Å². The minimum Gasteiger partial charge on any atom is -0.487 e. The van der Waals surface area contributed by atoms with Gasteiger partial charge in [-0.3, -0.25) is 14.6 Å². The van der Waals surface area contributed by atoms with Crippen LogP contribution in [-0.2, 0) is 17.8 Å². The van der Waals surface area contributed by atoms with Gasteiger partial charge in [0.2, 0.25) is 0 Å². The van der Waals surface area contributed by atoms with Crippen LogP contribution in [0.15, 0.2) is 24.3 Å². The number of aryl methyl sites for hydroxylation is 3. The zero-order valence-electron chi connectivity index (χ0n) is 16.4. The summed E-state index contributed by atoms with van der Waals surface area (Å²) >= 11 is 0. The molecule has 0 atom stereocenters. The highest BCUT2D eigenvalue weighted by Crippen LogP contribution is 2.25. The summed E-state index contributed by atoms with van der Waals surface area (Å²) in [4.78, 5) is 28.1. The minimum absolute atomic E-state index is 0.0236. The van der Waals surface area contributed by atoms with E-state index in [1.54, 1.807) is 45.0 Å². The monoisotopic (exact) mass is 390 g/mol. The molecule has 0 radical (unpaired) electrons. The molecule has 0 saturated carbocycles. The average molecular weight is 390 g/mol. The summed E-state index contributed by atoms with van der Waals surface area (Å²) < 4.78 is 29.9. The smallest absolute Gasteiger partial charge is 0.272 e. The van der Waals surface area contributed by atoms with Gasteiger partial charge in [0.25, 0.3) is 12.3 Å². The van der Waals surface area contributed by atoms with Crippen molar-refractivity contribution in [3.63, 3.8) is 0 Å². The molecule has 150 valence electrons. The minimum atomic E-state index is -2.53. The Balaban J connectivity index is 2.08. The Labute approximate surface area is 163 Å². The van der Waals surface area contributed by atoms with Crippen LogP contribution in [0.1, 0.15) is 45.4 Å². The molecular formula is C21H24F2N2O3. The number of nitrogens with zero attached hydrogens (tertiary/aromatic N) is 1. The molecule has 0 aliphatic rings. The zero-order valence-corrected chi connectivity index (χ0v) is 16.4. The van der Waals surface area contributed by atoms with E-state index in [2.05, 4.69) is 10.3 Å². The molecule has 1 aromatic carbocycles. The predicted molar refractivity (Wildman–Crippen MR) is 102 cm³/mol. The molecule has 1 N–H and O–H groups in total. The third-order valence-corrected chi connectivity index (χ3v) is 4.03.